The van der Waals surface area contributed by atoms with Gasteiger partial charge in [-0.2, -0.15) is 13.2 Å². The van der Waals surface area contributed by atoms with Crippen molar-refractivity contribution in [3.63, 3.8) is 0 Å². The van der Waals surface area contributed by atoms with Gasteiger partial charge in [0.1, 0.15) is 5.69 Å². The molecule has 14 heavy (non-hydrogen) atoms. The topological polar surface area (TPSA) is 56.0 Å². The molecular weight excluding hydrogens is 197 g/mol. The molecule has 0 saturated carbocycles. The van der Waals surface area contributed by atoms with E-state index < -0.39 is 17.8 Å². The van der Waals surface area contributed by atoms with E-state index in [9.17, 15) is 18.0 Å². The average molecular weight is 204 g/mol. The Morgan fingerprint density at radius 1 is 1.43 bits per heavy atom. The van der Waals surface area contributed by atoms with Crippen molar-refractivity contribution in [3.05, 3.63) is 29.6 Å². The number of aromatic nitrogens is 1. The molecule has 0 aliphatic heterocycles. The summed E-state index contributed by atoms with van der Waals surface area (Å²) in [7, 11) is 0. The molecule has 0 aromatic carbocycles. The number of carbonyl (C=O) groups excluding carboxylic acids is 1. The lowest BCUT2D eigenvalue weighted by Crippen LogP contribution is -2.16. The fourth-order valence-corrected chi connectivity index (χ4v) is 0.914. The van der Waals surface area contributed by atoms with Crippen LogP contribution < -0.4 is 5.73 Å². The van der Waals surface area contributed by atoms with Gasteiger partial charge in [-0.1, -0.05) is 6.07 Å². The molecule has 76 valence electrons. The Labute approximate surface area is 77.7 Å². The van der Waals surface area contributed by atoms with Gasteiger partial charge in [0.2, 0.25) is 5.91 Å². The molecule has 1 amide bonds. The van der Waals surface area contributed by atoms with Crippen LogP contribution in [0.4, 0.5) is 13.2 Å². The maximum atomic E-state index is 12.1. The highest BCUT2D eigenvalue weighted by molar-refractivity contribution is 5.76. The number of pyridine rings is 1. The molecule has 6 heteroatoms. The lowest BCUT2D eigenvalue weighted by atomic mass is 10.2. The zero-order chi connectivity index (χ0) is 10.8. The van der Waals surface area contributed by atoms with Gasteiger partial charge in [-0.15, -0.1) is 0 Å². The first kappa shape index (κ1) is 10.5. The lowest BCUT2D eigenvalue weighted by molar-refractivity contribution is -0.141. The number of carbonyl (C=O) groups is 1. The van der Waals surface area contributed by atoms with Crippen molar-refractivity contribution in [2.45, 2.75) is 12.6 Å². The van der Waals surface area contributed by atoms with E-state index in [2.05, 4.69) is 4.98 Å². The Morgan fingerprint density at radius 2 is 2.07 bits per heavy atom. The van der Waals surface area contributed by atoms with Gasteiger partial charge >= 0.3 is 6.18 Å². The molecule has 3 nitrogen and oxygen atoms in total. The summed E-state index contributed by atoms with van der Waals surface area (Å²) < 4.78 is 36.4. The van der Waals surface area contributed by atoms with Gasteiger partial charge in [-0.3, -0.25) is 4.79 Å². The molecule has 0 spiro atoms. The zero-order valence-electron chi connectivity index (χ0n) is 7.01. The number of nitrogens with zero attached hydrogens (tertiary/aromatic N) is 1. The predicted molar refractivity (Wildman–Crippen MR) is 42.1 cm³/mol. The molecule has 0 saturated heterocycles. The summed E-state index contributed by atoms with van der Waals surface area (Å²) in [5, 5.41) is 0. The molecule has 1 aromatic rings. The van der Waals surface area contributed by atoms with E-state index in [1.54, 1.807) is 0 Å². The Kier molecular flexibility index (Phi) is 2.73. The SMILES string of the molecule is NC(=O)Cc1cccc(C(F)(F)F)n1. The van der Waals surface area contributed by atoms with Crippen molar-refractivity contribution >= 4 is 5.91 Å². The Morgan fingerprint density at radius 3 is 2.57 bits per heavy atom. The molecule has 0 radical (unpaired) electrons. The van der Waals surface area contributed by atoms with Crippen molar-refractivity contribution in [3.8, 4) is 0 Å². The fourth-order valence-electron chi connectivity index (χ4n) is 0.914. The molecule has 0 unspecified atom stereocenters. The largest absolute Gasteiger partial charge is 0.433 e. The van der Waals surface area contributed by atoms with Crippen LogP contribution in [0, 0.1) is 0 Å². The number of nitrogens with two attached hydrogens (primary N) is 1. The van der Waals surface area contributed by atoms with Crippen molar-refractivity contribution < 1.29 is 18.0 Å². The monoisotopic (exact) mass is 204 g/mol. The maximum Gasteiger partial charge on any atom is 0.433 e. The van der Waals surface area contributed by atoms with Gasteiger partial charge in [-0.25, -0.2) is 4.98 Å². The molecule has 0 fully saturated rings. The first-order valence-corrected chi connectivity index (χ1v) is 3.71. The molecule has 0 aliphatic carbocycles. The van der Waals surface area contributed by atoms with E-state index in [0.29, 0.717) is 0 Å². The van der Waals surface area contributed by atoms with Gasteiger partial charge in [0.15, 0.2) is 0 Å². The van der Waals surface area contributed by atoms with Gasteiger partial charge in [-0.05, 0) is 12.1 Å². The van der Waals surface area contributed by atoms with Crippen LogP contribution in [0.3, 0.4) is 0 Å². The number of alkyl halides is 3. The number of hydrogen-bond donors (Lipinski definition) is 1. The van der Waals surface area contributed by atoms with Crippen LogP contribution in [0.25, 0.3) is 0 Å². The third-order valence-corrected chi connectivity index (χ3v) is 1.45. The summed E-state index contributed by atoms with van der Waals surface area (Å²) in [6.45, 7) is 0. The van der Waals surface area contributed by atoms with E-state index in [-0.39, 0.29) is 12.1 Å². The fraction of sp³-hybridized carbons (Fsp3) is 0.250. The molecule has 0 aliphatic rings. The van der Waals surface area contributed by atoms with Crippen LogP contribution in [0.2, 0.25) is 0 Å². The second-order valence-electron chi connectivity index (χ2n) is 2.66. The van der Waals surface area contributed by atoms with Crippen molar-refractivity contribution in [1.82, 2.24) is 4.98 Å². The van der Waals surface area contributed by atoms with E-state index >= 15 is 0 Å². The van der Waals surface area contributed by atoms with Crippen LogP contribution >= 0.6 is 0 Å². The minimum absolute atomic E-state index is 0.0207. The molecular formula is C8H7F3N2O. The van der Waals surface area contributed by atoms with Crippen molar-refractivity contribution in [2.24, 2.45) is 5.73 Å². The first-order chi connectivity index (χ1) is 6.39. The zero-order valence-corrected chi connectivity index (χ0v) is 7.01. The minimum Gasteiger partial charge on any atom is -0.369 e. The predicted octanol–water partition coefficient (Wildman–Crippen LogP) is 1.13. The highest BCUT2D eigenvalue weighted by Gasteiger charge is 2.32. The Balaban J connectivity index is 2.95. The third-order valence-electron chi connectivity index (χ3n) is 1.45. The van der Waals surface area contributed by atoms with Crippen molar-refractivity contribution in [2.75, 3.05) is 0 Å². The standard InChI is InChI=1S/C8H7F3N2O/c9-8(10,11)6-3-1-2-5(13-6)4-7(12)14/h1-3H,4H2,(H2,12,14). The number of halogens is 3. The van der Waals surface area contributed by atoms with E-state index in [4.69, 9.17) is 5.73 Å². The van der Waals surface area contributed by atoms with E-state index in [1.165, 1.54) is 12.1 Å². The van der Waals surface area contributed by atoms with Gasteiger partial charge in [0, 0.05) is 0 Å². The molecule has 2 N–H and O–H groups in total. The first-order valence-electron chi connectivity index (χ1n) is 3.71. The lowest BCUT2D eigenvalue weighted by Gasteiger charge is -2.06. The molecule has 1 rings (SSSR count). The smallest absolute Gasteiger partial charge is 0.369 e. The quantitative estimate of drug-likeness (QED) is 0.784. The van der Waals surface area contributed by atoms with E-state index in [1.807, 2.05) is 0 Å². The average Bonchev–Trinajstić information content (AvgIpc) is 2.01. The number of hydrogen-bond acceptors (Lipinski definition) is 2. The Bertz CT molecular complexity index is 349. The summed E-state index contributed by atoms with van der Waals surface area (Å²) in [4.78, 5) is 13.7. The van der Waals surface area contributed by atoms with Crippen LogP contribution in [0.15, 0.2) is 18.2 Å². The van der Waals surface area contributed by atoms with Crippen LogP contribution in [-0.4, -0.2) is 10.9 Å². The summed E-state index contributed by atoms with van der Waals surface area (Å²) in [5.41, 5.74) is 3.83. The third kappa shape index (κ3) is 2.72. The van der Waals surface area contributed by atoms with Gasteiger partial charge in [0.25, 0.3) is 0 Å². The number of amides is 1. The summed E-state index contributed by atoms with van der Waals surface area (Å²) >= 11 is 0. The molecule has 0 atom stereocenters. The summed E-state index contributed by atoms with van der Waals surface area (Å²) in [6.07, 6.45) is -4.78. The normalized spacial score (nSPS) is 11.4. The van der Waals surface area contributed by atoms with Gasteiger partial charge < -0.3 is 5.73 Å². The number of primary amides is 1. The Hall–Kier alpha value is -1.59. The highest BCUT2D eigenvalue weighted by Crippen LogP contribution is 2.27. The minimum atomic E-state index is -4.49. The van der Waals surface area contributed by atoms with Crippen LogP contribution in [-0.2, 0) is 17.4 Å². The second-order valence-corrected chi connectivity index (χ2v) is 2.66. The van der Waals surface area contributed by atoms with Gasteiger partial charge in [0.05, 0.1) is 12.1 Å². The van der Waals surface area contributed by atoms with E-state index in [0.717, 1.165) is 6.07 Å². The van der Waals surface area contributed by atoms with Crippen LogP contribution in [0.5, 0.6) is 0 Å². The molecule has 1 heterocycles. The highest BCUT2D eigenvalue weighted by atomic mass is 19.4. The summed E-state index contributed by atoms with van der Waals surface area (Å²) in [5.74, 6) is -0.711. The number of rotatable bonds is 2. The second kappa shape index (κ2) is 3.65. The summed E-state index contributed by atoms with van der Waals surface area (Å²) in [6, 6.07) is 3.35. The van der Waals surface area contributed by atoms with Crippen molar-refractivity contribution in [1.29, 1.82) is 0 Å². The molecule has 1 aromatic heterocycles. The molecule has 0 bridgehead atoms. The maximum absolute atomic E-state index is 12.1. The van der Waals surface area contributed by atoms with Crippen LogP contribution in [0.1, 0.15) is 11.4 Å².